The second-order valence-electron chi connectivity index (χ2n) is 5.56. The molecule has 1 aliphatic rings. The lowest BCUT2D eigenvalue weighted by Crippen LogP contribution is -2.33. The zero-order valence-corrected chi connectivity index (χ0v) is 12.6. The molecule has 0 saturated heterocycles. The van der Waals surface area contributed by atoms with Gasteiger partial charge < -0.3 is 4.57 Å². The van der Waals surface area contributed by atoms with E-state index in [-0.39, 0.29) is 0 Å². The van der Waals surface area contributed by atoms with Gasteiger partial charge in [0.25, 0.3) is 0 Å². The molecule has 3 rings (SSSR count). The molecular formula is C15H18Cl2N2. The molecule has 0 bridgehead atoms. The smallest absolute Gasteiger partial charge is 0.124 e. The topological polar surface area (TPSA) is 17.8 Å². The number of aromatic nitrogens is 2. The molecule has 0 unspecified atom stereocenters. The van der Waals surface area contributed by atoms with Gasteiger partial charge in [-0.05, 0) is 36.8 Å². The van der Waals surface area contributed by atoms with Crippen LogP contribution < -0.4 is 0 Å². The van der Waals surface area contributed by atoms with Crippen LogP contribution >= 0.6 is 23.2 Å². The molecule has 1 aliphatic carbocycles. The van der Waals surface area contributed by atoms with Gasteiger partial charge in [0.1, 0.15) is 11.3 Å². The largest absolute Gasteiger partial charge is 0.326 e. The first-order chi connectivity index (χ1) is 9.19. The second kappa shape index (κ2) is 4.99. The highest BCUT2D eigenvalue weighted by Gasteiger charge is 2.36. The minimum atomic E-state index is 0.435. The van der Waals surface area contributed by atoms with E-state index >= 15 is 0 Å². The van der Waals surface area contributed by atoms with Crippen LogP contribution in [0.15, 0.2) is 18.2 Å². The van der Waals surface area contributed by atoms with Crippen LogP contribution in [0.1, 0.15) is 38.4 Å². The maximum absolute atomic E-state index is 6.23. The Morgan fingerprint density at radius 1 is 1.37 bits per heavy atom. The van der Waals surface area contributed by atoms with Gasteiger partial charge in [0.15, 0.2) is 0 Å². The molecule has 1 fully saturated rings. The van der Waals surface area contributed by atoms with E-state index in [9.17, 15) is 0 Å². The van der Waals surface area contributed by atoms with Crippen LogP contribution in [0.5, 0.6) is 0 Å². The van der Waals surface area contributed by atoms with Gasteiger partial charge >= 0.3 is 0 Å². The van der Waals surface area contributed by atoms with Crippen molar-refractivity contribution in [3.05, 3.63) is 29.0 Å². The highest BCUT2D eigenvalue weighted by molar-refractivity contribution is 6.35. The van der Waals surface area contributed by atoms with Crippen molar-refractivity contribution in [3.8, 4) is 0 Å². The number of halogens is 2. The van der Waals surface area contributed by atoms with Crippen molar-refractivity contribution < 1.29 is 0 Å². The number of imidazole rings is 1. The van der Waals surface area contributed by atoms with Crippen LogP contribution in [0.25, 0.3) is 11.0 Å². The molecular weight excluding hydrogens is 279 g/mol. The number of fused-ring (bicyclic) bond motifs is 1. The summed E-state index contributed by atoms with van der Waals surface area (Å²) in [6.45, 7) is 3.30. The SMILES string of the molecule is CCC1(Cn2c(CCl)nc3c(Cl)cccc32)CCC1. The van der Waals surface area contributed by atoms with E-state index in [2.05, 4.69) is 22.5 Å². The van der Waals surface area contributed by atoms with Crippen molar-refractivity contribution >= 4 is 34.2 Å². The molecule has 19 heavy (non-hydrogen) atoms. The van der Waals surface area contributed by atoms with Crippen molar-refractivity contribution in [2.45, 2.75) is 45.0 Å². The van der Waals surface area contributed by atoms with Crippen molar-refractivity contribution in [2.24, 2.45) is 5.41 Å². The first kappa shape index (κ1) is 13.3. The van der Waals surface area contributed by atoms with Crippen LogP contribution in [0.4, 0.5) is 0 Å². The predicted molar refractivity (Wildman–Crippen MR) is 80.9 cm³/mol. The van der Waals surface area contributed by atoms with Gasteiger partial charge in [-0.1, -0.05) is 31.0 Å². The number of rotatable bonds is 4. The van der Waals surface area contributed by atoms with Gasteiger partial charge in [-0.25, -0.2) is 4.98 Å². The molecule has 2 nitrogen and oxygen atoms in total. The fourth-order valence-corrected chi connectivity index (χ4v) is 3.49. The fraction of sp³-hybridized carbons (Fsp3) is 0.533. The Bertz CT molecular complexity index is 594. The Morgan fingerprint density at radius 2 is 2.16 bits per heavy atom. The molecule has 2 aromatic rings. The van der Waals surface area contributed by atoms with Crippen molar-refractivity contribution in [1.82, 2.24) is 9.55 Å². The van der Waals surface area contributed by atoms with E-state index in [0.29, 0.717) is 16.3 Å². The summed E-state index contributed by atoms with van der Waals surface area (Å²) < 4.78 is 2.27. The Hall–Kier alpha value is -0.730. The highest BCUT2D eigenvalue weighted by Crippen LogP contribution is 2.46. The normalized spacial score (nSPS) is 17.6. The number of alkyl halides is 1. The molecule has 1 aromatic heterocycles. The van der Waals surface area contributed by atoms with Gasteiger partial charge in [-0.3, -0.25) is 0 Å². The molecule has 0 aliphatic heterocycles. The molecule has 0 N–H and O–H groups in total. The first-order valence-corrected chi connectivity index (χ1v) is 7.80. The Kier molecular flexibility index (Phi) is 3.48. The van der Waals surface area contributed by atoms with Gasteiger partial charge in [-0.15, -0.1) is 11.6 Å². The summed E-state index contributed by atoms with van der Waals surface area (Å²) >= 11 is 12.3. The zero-order valence-electron chi connectivity index (χ0n) is 11.1. The standard InChI is InChI=1S/C15H18Cl2N2/c1-2-15(7-4-8-15)10-19-12-6-3-5-11(17)14(12)18-13(19)9-16/h3,5-6H,2,4,7-10H2,1H3. The summed E-state index contributed by atoms with van der Waals surface area (Å²) in [6.07, 6.45) is 5.18. The Labute approximate surface area is 123 Å². The molecule has 1 aromatic carbocycles. The van der Waals surface area contributed by atoms with Crippen LogP contribution in [0.2, 0.25) is 5.02 Å². The minimum absolute atomic E-state index is 0.435. The zero-order chi connectivity index (χ0) is 13.5. The van der Waals surface area contributed by atoms with Crippen LogP contribution in [0.3, 0.4) is 0 Å². The molecule has 0 amide bonds. The van der Waals surface area contributed by atoms with Crippen molar-refractivity contribution in [3.63, 3.8) is 0 Å². The van der Waals surface area contributed by atoms with E-state index in [1.54, 1.807) is 0 Å². The van der Waals surface area contributed by atoms with Gasteiger partial charge in [0.05, 0.1) is 16.4 Å². The highest BCUT2D eigenvalue weighted by atomic mass is 35.5. The molecule has 4 heteroatoms. The molecule has 102 valence electrons. The lowest BCUT2D eigenvalue weighted by Gasteiger charge is -2.42. The fourth-order valence-electron chi connectivity index (χ4n) is 3.08. The molecule has 0 spiro atoms. The number of para-hydroxylation sites is 1. The third-order valence-corrected chi connectivity index (χ3v) is 5.13. The molecule has 0 radical (unpaired) electrons. The number of hydrogen-bond acceptors (Lipinski definition) is 1. The third kappa shape index (κ3) is 2.15. The summed E-state index contributed by atoms with van der Waals surface area (Å²) in [5.41, 5.74) is 2.43. The summed E-state index contributed by atoms with van der Waals surface area (Å²) in [7, 11) is 0. The summed E-state index contributed by atoms with van der Waals surface area (Å²) in [4.78, 5) is 4.61. The van der Waals surface area contributed by atoms with Crippen LogP contribution in [-0.2, 0) is 12.4 Å². The van der Waals surface area contributed by atoms with E-state index in [0.717, 1.165) is 23.4 Å². The van der Waals surface area contributed by atoms with Gasteiger partial charge in [0.2, 0.25) is 0 Å². The van der Waals surface area contributed by atoms with Crippen molar-refractivity contribution in [2.75, 3.05) is 0 Å². The van der Waals surface area contributed by atoms with Crippen LogP contribution in [0, 0.1) is 5.41 Å². The minimum Gasteiger partial charge on any atom is -0.326 e. The lowest BCUT2D eigenvalue weighted by atomic mass is 9.67. The molecule has 0 atom stereocenters. The quantitative estimate of drug-likeness (QED) is 0.725. The van der Waals surface area contributed by atoms with Crippen LogP contribution in [-0.4, -0.2) is 9.55 Å². The van der Waals surface area contributed by atoms with Gasteiger partial charge in [-0.2, -0.15) is 0 Å². The maximum Gasteiger partial charge on any atom is 0.124 e. The average Bonchev–Trinajstić information content (AvgIpc) is 2.73. The summed E-state index contributed by atoms with van der Waals surface area (Å²) in [5, 5.41) is 0.710. The predicted octanol–water partition coefficient (Wildman–Crippen LogP) is 5.01. The Morgan fingerprint density at radius 3 is 2.74 bits per heavy atom. The molecule has 1 heterocycles. The number of benzene rings is 1. The Balaban J connectivity index is 2.08. The number of nitrogens with zero attached hydrogens (tertiary/aromatic N) is 2. The number of hydrogen-bond donors (Lipinski definition) is 0. The van der Waals surface area contributed by atoms with E-state index < -0.39 is 0 Å². The van der Waals surface area contributed by atoms with Gasteiger partial charge in [0, 0.05) is 6.54 Å². The lowest BCUT2D eigenvalue weighted by molar-refractivity contribution is 0.101. The summed E-state index contributed by atoms with van der Waals surface area (Å²) in [6, 6.07) is 5.96. The third-order valence-electron chi connectivity index (χ3n) is 4.59. The second-order valence-corrected chi connectivity index (χ2v) is 6.24. The maximum atomic E-state index is 6.23. The van der Waals surface area contributed by atoms with Crippen molar-refractivity contribution in [1.29, 1.82) is 0 Å². The molecule has 1 saturated carbocycles. The summed E-state index contributed by atoms with van der Waals surface area (Å²) in [5.74, 6) is 1.37. The van der Waals surface area contributed by atoms with E-state index in [1.807, 2.05) is 12.1 Å². The first-order valence-electron chi connectivity index (χ1n) is 6.89. The van der Waals surface area contributed by atoms with E-state index in [4.69, 9.17) is 23.2 Å². The van der Waals surface area contributed by atoms with E-state index in [1.165, 1.54) is 25.7 Å². The monoisotopic (exact) mass is 296 g/mol. The average molecular weight is 297 g/mol.